The number of aromatic nitrogens is 1. The molecule has 0 amide bonds. The van der Waals surface area contributed by atoms with E-state index in [0.717, 1.165) is 12.4 Å². The molecular weight excluding hydrogens is 240 g/mol. The lowest BCUT2D eigenvalue weighted by Crippen LogP contribution is -2.03. The molecule has 0 aromatic carbocycles. The lowest BCUT2D eigenvalue weighted by Gasteiger charge is -2.06. The van der Waals surface area contributed by atoms with Gasteiger partial charge in [-0.15, -0.1) is 0 Å². The van der Waals surface area contributed by atoms with Gasteiger partial charge in [0.15, 0.2) is 0 Å². The minimum Gasteiger partial charge on any atom is -0.369 e. The molecule has 0 aliphatic carbocycles. The predicted molar refractivity (Wildman–Crippen MR) is 74.6 cm³/mol. The molecule has 90 valence electrons. The van der Waals surface area contributed by atoms with Crippen LogP contribution in [-0.4, -0.2) is 23.5 Å². The van der Waals surface area contributed by atoms with E-state index < -0.39 is 0 Å². The first-order valence-corrected chi connectivity index (χ1v) is 7.45. The number of unbranched alkanes of at least 4 members (excludes halogenated alkanes) is 3. The summed E-state index contributed by atoms with van der Waals surface area (Å²) in [5.41, 5.74) is 0. The Bertz CT molecular complexity index is 294. The summed E-state index contributed by atoms with van der Waals surface area (Å²) in [6.07, 6.45) is 9.01. The van der Waals surface area contributed by atoms with Gasteiger partial charge < -0.3 is 5.32 Å². The zero-order chi connectivity index (χ0) is 11.6. The second-order valence-corrected chi connectivity index (χ2v) is 5.06. The average molecular weight is 259 g/mol. The van der Waals surface area contributed by atoms with Gasteiger partial charge in [-0.1, -0.05) is 24.4 Å². The number of hydrogen-bond donors (Lipinski definition) is 1. The first-order valence-electron chi connectivity index (χ1n) is 5.68. The van der Waals surface area contributed by atoms with Crippen LogP contribution in [0.25, 0.3) is 0 Å². The SMILES string of the molecule is CSCCCCCCNc1ncccc1Cl. The minimum atomic E-state index is 0.699. The number of rotatable bonds is 8. The molecule has 0 spiro atoms. The first kappa shape index (κ1) is 13.7. The number of nitrogens with zero attached hydrogens (tertiary/aromatic N) is 1. The Balaban J connectivity index is 2.05. The molecule has 1 aromatic rings. The molecule has 0 saturated carbocycles. The van der Waals surface area contributed by atoms with Crippen LogP contribution in [0, 0.1) is 0 Å². The Labute approximate surface area is 107 Å². The summed E-state index contributed by atoms with van der Waals surface area (Å²) in [7, 11) is 0. The Morgan fingerprint density at radius 2 is 2.12 bits per heavy atom. The molecule has 1 heterocycles. The van der Waals surface area contributed by atoms with Gasteiger partial charge in [-0.2, -0.15) is 11.8 Å². The smallest absolute Gasteiger partial charge is 0.144 e. The Kier molecular flexibility index (Phi) is 7.43. The van der Waals surface area contributed by atoms with E-state index in [9.17, 15) is 0 Å². The van der Waals surface area contributed by atoms with Gasteiger partial charge in [-0.05, 0) is 37.0 Å². The van der Waals surface area contributed by atoms with Crippen LogP contribution in [-0.2, 0) is 0 Å². The van der Waals surface area contributed by atoms with Crippen molar-refractivity contribution in [1.29, 1.82) is 0 Å². The summed E-state index contributed by atoms with van der Waals surface area (Å²) in [5, 5.41) is 3.95. The molecule has 16 heavy (non-hydrogen) atoms. The van der Waals surface area contributed by atoms with Gasteiger partial charge in [0.05, 0.1) is 5.02 Å². The zero-order valence-electron chi connectivity index (χ0n) is 9.71. The molecule has 2 nitrogen and oxygen atoms in total. The second-order valence-electron chi connectivity index (χ2n) is 3.67. The highest BCUT2D eigenvalue weighted by Crippen LogP contribution is 2.17. The fourth-order valence-electron chi connectivity index (χ4n) is 1.45. The lowest BCUT2D eigenvalue weighted by atomic mass is 10.2. The van der Waals surface area contributed by atoms with Gasteiger partial charge in [0.1, 0.15) is 5.82 Å². The van der Waals surface area contributed by atoms with E-state index in [0.29, 0.717) is 5.02 Å². The molecule has 0 radical (unpaired) electrons. The molecule has 0 aliphatic heterocycles. The van der Waals surface area contributed by atoms with Crippen molar-refractivity contribution in [3.05, 3.63) is 23.4 Å². The minimum absolute atomic E-state index is 0.699. The second kappa shape index (κ2) is 8.71. The van der Waals surface area contributed by atoms with E-state index in [4.69, 9.17) is 11.6 Å². The molecule has 1 N–H and O–H groups in total. The van der Waals surface area contributed by atoms with Crippen LogP contribution < -0.4 is 5.32 Å². The highest BCUT2D eigenvalue weighted by Gasteiger charge is 1.98. The number of hydrogen-bond acceptors (Lipinski definition) is 3. The summed E-state index contributed by atoms with van der Waals surface area (Å²) in [6.45, 7) is 0.954. The van der Waals surface area contributed by atoms with Crippen molar-refractivity contribution in [2.45, 2.75) is 25.7 Å². The Hall–Kier alpha value is -0.410. The molecule has 0 aliphatic rings. The lowest BCUT2D eigenvalue weighted by molar-refractivity contribution is 0.688. The summed E-state index contributed by atoms with van der Waals surface area (Å²) in [6, 6.07) is 3.70. The van der Waals surface area contributed by atoms with Gasteiger partial charge >= 0.3 is 0 Å². The molecule has 0 saturated heterocycles. The van der Waals surface area contributed by atoms with E-state index in [1.807, 2.05) is 23.9 Å². The predicted octanol–water partition coefficient (Wildman–Crippen LogP) is 4.07. The average Bonchev–Trinajstić information content (AvgIpc) is 2.30. The fourth-order valence-corrected chi connectivity index (χ4v) is 2.13. The normalized spacial score (nSPS) is 10.4. The number of thioether (sulfide) groups is 1. The Morgan fingerprint density at radius 1 is 1.31 bits per heavy atom. The van der Waals surface area contributed by atoms with Crippen LogP contribution in [0.15, 0.2) is 18.3 Å². The van der Waals surface area contributed by atoms with Gasteiger partial charge in [0.25, 0.3) is 0 Å². The quantitative estimate of drug-likeness (QED) is 0.712. The van der Waals surface area contributed by atoms with Crippen LogP contribution in [0.3, 0.4) is 0 Å². The topological polar surface area (TPSA) is 24.9 Å². The van der Waals surface area contributed by atoms with E-state index in [-0.39, 0.29) is 0 Å². The number of pyridine rings is 1. The Morgan fingerprint density at radius 3 is 2.88 bits per heavy atom. The van der Waals surface area contributed by atoms with E-state index in [1.165, 1.54) is 31.4 Å². The summed E-state index contributed by atoms with van der Waals surface area (Å²) >= 11 is 7.90. The van der Waals surface area contributed by atoms with Crippen molar-refractivity contribution < 1.29 is 0 Å². The number of nitrogens with one attached hydrogen (secondary N) is 1. The van der Waals surface area contributed by atoms with Crippen LogP contribution >= 0.6 is 23.4 Å². The highest BCUT2D eigenvalue weighted by atomic mass is 35.5. The monoisotopic (exact) mass is 258 g/mol. The third-order valence-electron chi connectivity index (χ3n) is 2.33. The molecule has 0 bridgehead atoms. The van der Waals surface area contributed by atoms with Crippen LogP contribution in [0.4, 0.5) is 5.82 Å². The molecule has 1 aromatic heterocycles. The van der Waals surface area contributed by atoms with Crippen LogP contribution in [0.1, 0.15) is 25.7 Å². The fraction of sp³-hybridized carbons (Fsp3) is 0.583. The summed E-state index contributed by atoms with van der Waals surface area (Å²) in [5.74, 6) is 2.08. The van der Waals surface area contributed by atoms with Crippen molar-refractivity contribution in [3.63, 3.8) is 0 Å². The zero-order valence-corrected chi connectivity index (χ0v) is 11.3. The van der Waals surface area contributed by atoms with Crippen molar-refractivity contribution in [2.24, 2.45) is 0 Å². The van der Waals surface area contributed by atoms with Gasteiger partial charge in [0, 0.05) is 12.7 Å². The van der Waals surface area contributed by atoms with Crippen molar-refractivity contribution in [3.8, 4) is 0 Å². The molecule has 4 heteroatoms. The van der Waals surface area contributed by atoms with Crippen molar-refractivity contribution in [2.75, 3.05) is 23.9 Å². The number of halogens is 1. The molecule has 0 atom stereocenters. The maximum atomic E-state index is 5.98. The summed E-state index contributed by atoms with van der Waals surface area (Å²) < 4.78 is 0. The maximum absolute atomic E-state index is 5.98. The van der Waals surface area contributed by atoms with Crippen molar-refractivity contribution in [1.82, 2.24) is 4.98 Å². The van der Waals surface area contributed by atoms with E-state index >= 15 is 0 Å². The van der Waals surface area contributed by atoms with Gasteiger partial charge in [0.2, 0.25) is 0 Å². The third kappa shape index (κ3) is 5.61. The molecular formula is C12H19ClN2S. The molecule has 0 unspecified atom stereocenters. The van der Waals surface area contributed by atoms with E-state index in [1.54, 1.807) is 6.20 Å². The first-order chi connectivity index (χ1) is 7.84. The van der Waals surface area contributed by atoms with Crippen LogP contribution in [0.5, 0.6) is 0 Å². The number of anilines is 1. The van der Waals surface area contributed by atoms with Gasteiger partial charge in [-0.25, -0.2) is 4.98 Å². The third-order valence-corrected chi connectivity index (χ3v) is 3.33. The standard InChI is InChI=1S/C12H19ClN2S/c1-16-10-5-3-2-4-8-14-12-11(13)7-6-9-15-12/h6-7,9H,2-5,8,10H2,1H3,(H,14,15). The largest absolute Gasteiger partial charge is 0.369 e. The highest BCUT2D eigenvalue weighted by molar-refractivity contribution is 7.98. The maximum Gasteiger partial charge on any atom is 0.144 e. The molecule has 0 fully saturated rings. The molecule has 1 rings (SSSR count). The van der Waals surface area contributed by atoms with Crippen molar-refractivity contribution >= 4 is 29.2 Å². The summed E-state index contributed by atoms with van der Waals surface area (Å²) in [4.78, 5) is 4.18. The van der Waals surface area contributed by atoms with E-state index in [2.05, 4.69) is 16.6 Å². The van der Waals surface area contributed by atoms with Gasteiger partial charge in [-0.3, -0.25) is 0 Å². The van der Waals surface area contributed by atoms with Crippen LogP contribution in [0.2, 0.25) is 5.02 Å².